The van der Waals surface area contributed by atoms with Crippen molar-refractivity contribution in [2.24, 2.45) is 24.1 Å². The van der Waals surface area contributed by atoms with E-state index in [9.17, 15) is 4.79 Å². The zero-order valence-corrected chi connectivity index (χ0v) is 19.5. The third kappa shape index (κ3) is 3.72. The minimum Gasteiger partial charge on any atom is -0.383 e. The number of hydrogen-bond donors (Lipinski definition) is 2. The summed E-state index contributed by atoms with van der Waals surface area (Å²) >= 11 is 0. The van der Waals surface area contributed by atoms with Crippen LogP contribution >= 0.6 is 0 Å². The van der Waals surface area contributed by atoms with Gasteiger partial charge in [-0.2, -0.15) is 4.98 Å². The molecule has 0 radical (unpaired) electrons. The molecular formula is C27H33N5O. The van der Waals surface area contributed by atoms with Crippen molar-refractivity contribution < 1.29 is 0 Å². The average Bonchev–Trinajstić information content (AvgIpc) is 3.11. The minimum atomic E-state index is -0.114. The number of nitrogen functional groups attached to an aromatic ring is 1. The number of rotatable bonds is 3. The molecule has 2 heterocycles. The first-order valence-electron chi connectivity index (χ1n) is 11.9. The molecule has 1 aliphatic carbocycles. The molecule has 1 saturated heterocycles. The van der Waals surface area contributed by atoms with Gasteiger partial charge in [-0.05, 0) is 53.7 Å². The Morgan fingerprint density at radius 3 is 2.15 bits per heavy atom. The molecule has 2 fully saturated rings. The van der Waals surface area contributed by atoms with Gasteiger partial charge in [-0.25, -0.2) is 0 Å². The van der Waals surface area contributed by atoms with Crippen LogP contribution in [-0.2, 0) is 7.05 Å². The SMILES string of the molecule is C[C@@H]1CCC2(CCN(c3nc(N)c(-c4ccc(-c5ccccc5)cc4)c(=O)n3C)CC2)[C@@H]1N. The van der Waals surface area contributed by atoms with Crippen LogP contribution < -0.4 is 21.9 Å². The number of hydrogen-bond acceptors (Lipinski definition) is 5. The lowest BCUT2D eigenvalue weighted by atomic mass is 9.73. The van der Waals surface area contributed by atoms with Crippen molar-refractivity contribution in [1.29, 1.82) is 0 Å². The second kappa shape index (κ2) is 8.34. The minimum absolute atomic E-state index is 0.114. The van der Waals surface area contributed by atoms with Gasteiger partial charge in [0.05, 0.1) is 5.56 Å². The van der Waals surface area contributed by atoms with Gasteiger partial charge in [0.1, 0.15) is 5.82 Å². The number of aromatic nitrogens is 2. The molecule has 1 saturated carbocycles. The first kappa shape index (κ1) is 21.7. The molecule has 172 valence electrons. The number of nitrogens with zero attached hydrogens (tertiary/aromatic N) is 3. The fourth-order valence-electron chi connectivity index (χ4n) is 5.82. The second-order valence-corrected chi connectivity index (χ2v) is 9.87. The van der Waals surface area contributed by atoms with Gasteiger partial charge in [0.2, 0.25) is 5.95 Å². The molecule has 33 heavy (non-hydrogen) atoms. The maximum atomic E-state index is 13.3. The molecule has 0 bridgehead atoms. The number of nitrogens with two attached hydrogens (primary N) is 2. The third-order valence-electron chi connectivity index (χ3n) is 8.04. The Hall–Kier alpha value is -3.12. The van der Waals surface area contributed by atoms with Crippen molar-refractivity contribution in [2.75, 3.05) is 23.7 Å². The Morgan fingerprint density at radius 2 is 1.55 bits per heavy atom. The summed E-state index contributed by atoms with van der Waals surface area (Å²) in [6.07, 6.45) is 4.49. The molecule has 4 N–H and O–H groups in total. The smallest absolute Gasteiger partial charge is 0.264 e. The van der Waals surface area contributed by atoms with E-state index in [1.807, 2.05) is 42.5 Å². The summed E-state index contributed by atoms with van der Waals surface area (Å²) < 4.78 is 1.64. The third-order valence-corrected chi connectivity index (χ3v) is 8.04. The molecule has 1 spiro atoms. The number of piperidine rings is 1. The van der Waals surface area contributed by atoms with Crippen LogP contribution in [0, 0.1) is 11.3 Å². The largest absolute Gasteiger partial charge is 0.383 e. The van der Waals surface area contributed by atoms with Crippen LogP contribution in [0.2, 0.25) is 0 Å². The normalized spacial score (nSPS) is 22.1. The van der Waals surface area contributed by atoms with Crippen molar-refractivity contribution in [3.8, 4) is 22.3 Å². The zero-order chi connectivity index (χ0) is 23.2. The maximum Gasteiger partial charge on any atom is 0.264 e. The van der Waals surface area contributed by atoms with Crippen LogP contribution in [0.1, 0.15) is 32.6 Å². The second-order valence-electron chi connectivity index (χ2n) is 9.87. The molecule has 6 heteroatoms. The molecule has 5 rings (SSSR count). The van der Waals surface area contributed by atoms with Crippen LogP contribution in [0.15, 0.2) is 59.4 Å². The monoisotopic (exact) mass is 443 g/mol. The van der Waals surface area contributed by atoms with E-state index in [4.69, 9.17) is 16.5 Å². The van der Waals surface area contributed by atoms with Gasteiger partial charge in [-0.3, -0.25) is 9.36 Å². The topological polar surface area (TPSA) is 90.2 Å². The summed E-state index contributed by atoms with van der Waals surface area (Å²) in [6.45, 7) is 3.97. The number of benzene rings is 2. The summed E-state index contributed by atoms with van der Waals surface area (Å²) in [4.78, 5) is 20.2. The molecule has 2 aromatic carbocycles. The summed E-state index contributed by atoms with van der Waals surface area (Å²) in [5.74, 6) is 1.52. The highest BCUT2D eigenvalue weighted by Crippen LogP contribution is 2.48. The molecule has 1 aromatic heterocycles. The molecule has 2 aliphatic rings. The lowest BCUT2D eigenvalue weighted by molar-refractivity contribution is 0.185. The summed E-state index contributed by atoms with van der Waals surface area (Å²) in [5, 5.41) is 0. The lowest BCUT2D eigenvalue weighted by Crippen LogP contribution is -2.49. The predicted molar refractivity (Wildman–Crippen MR) is 135 cm³/mol. The Labute approximate surface area is 195 Å². The highest BCUT2D eigenvalue weighted by Gasteiger charge is 2.46. The zero-order valence-electron chi connectivity index (χ0n) is 19.5. The van der Waals surface area contributed by atoms with Crippen LogP contribution in [0.3, 0.4) is 0 Å². The van der Waals surface area contributed by atoms with Gasteiger partial charge >= 0.3 is 0 Å². The quantitative estimate of drug-likeness (QED) is 0.638. The lowest BCUT2D eigenvalue weighted by Gasteiger charge is -2.43. The Morgan fingerprint density at radius 1 is 0.939 bits per heavy atom. The van der Waals surface area contributed by atoms with E-state index >= 15 is 0 Å². The van der Waals surface area contributed by atoms with Crippen LogP contribution in [0.25, 0.3) is 22.3 Å². The highest BCUT2D eigenvalue weighted by atomic mass is 16.1. The maximum absolute atomic E-state index is 13.3. The van der Waals surface area contributed by atoms with Gasteiger partial charge in [0.15, 0.2) is 0 Å². The Kier molecular flexibility index (Phi) is 5.49. The van der Waals surface area contributed by atoms with E-state index in [0.29, 0.717) is 17.4 Å². The van der Waals surface area contributed by atoms with Crippen molar-refractivity contribution >= 4 is 11.8 Å². The highest BCUT2D eigenvalue weighted by molar-refractivity contribution is 5.76. The first-order valence-corrected chi connectivity index (χ1v) is 11.9. The van der Waals surface area contributed by atoms with E-state index < -0.39 is 0 Å². The van der Waals surface area contributed by atoms with E-state index in [1.165, 1.54) is 12.8 Å². The van der Waals surface area contributed by atoms with E-state index in [-0.39, 0.29) is 22.8 Å². The van der Waals surface area contributed by atoms with Gasteiger partial charge in [0, 0.05) is 26.2 Å². The van der Waals surface area contributed by atoms with Crippen molar-refractivity contribution in [1.82, 2.24) is 9.55 Å². The molecule has 0 amide bonds. The Balaban J connectivity index is 1.40. The molecule has 0 unspecified atom stereocenters. The van der Waals surface area contributed by atoms with E-state index in [1.54, 1.807) is 11.6 Å². The van der Waals surface area contributed by atoms with Crippen LogP contribution in [-0.4, -0.2) is 28.7 Å². The summed E-state index contributed by atoms with van der Waals surface area (Å²) in [5.41, 5.74) is 16.5. The van der Waals surface area contributed by atoms with Gasteiger partial charge in [-0.15, -0.1) is 0 Å². The van der Waals surface area contributed by atoms with E-state index in [2.05, 4.69) is 24.0 Å². The molecule has 3 aromatic rings. The predicted octanol–water partition coefficient (Wildman–Crippen LogP) is 4.04. The fourth-order valence-corrected chi connectivity index (χ4v) is 5.82. The first-order chi connectivity index (χ1) is 15.9. The van der Waals surface area contributed by atoms with Crippen molar-refractivity contribution in [2.45, 2.75) is 38.6 Å². The van der Waals surface area contributed by atoms with Gasteiger partial charge in [0.25, 0.3) is 5.56 Å². The van der Waals surface area contributed by atoms with Crippen LogP contribution in [0.5, 0.6) is 0 Å². The Bertz CT molecular complexity index is 1190. The molecule has 2 atom stereocenters. The number of anilines is 2. The van der Waals surface area contributed by atoms with Crippen molar-refractivity contribution in [3.63, 3.8) is 0 Å². The van der Waals surface area contributed by atoms with Crippen LogP contribution in [0.4, 0.5) is 11.8 Å². The van der Waals surface area contributed by atoms with Gasteiger partial charge < -0.3 is 16.4 Å². The summed E-state index contributed by atoms with van der Waals surface area (Å²) in [6, 6.07) is 18.4. The van der Waals surface area contributed by atoms with E-state index in [0.717, 1.165) is 42.6 Å². The summed E-state index contributed by atoms with van der Waals surface area (Å²) in [7, 11) is 1.79. The average molecular weight is 444 g/mol. The standard InChI is InChI=1S/C27H33N5O/c1-18-12-13-27(23(18)28)14-16-32(17-15-27)26-30-24(29)22(25(33)31(26)2)21-10-8-20(9-11-21)19-6-4-3-5-7-19/h3-11,18,23H,12-17,28-29H2,1-2H3/t18-,23-/m1/s1. The van der Waals surface area contributed by atoms with Gasteiger partial charge in [-0.1, -0.05) is 61.5 Å². The molecular weight excluding hydrogens is 410 g/mol. The molecule has 1 aliphatic heterocycles. The fraction of sp³-hybridized carbons (Fsp3) is 0.407. The van der Waals surface area contributed by atoms with Crippen molar-refractivity contribution in [3.05, 3.63) is 65.0 Å². The molecule has 6 nitrogen and oxygen atoms in total.